The SMILES string of the molecule is Cc1cccc(SCC(=O)N[C@](C)(C#N)C(C)C)c1. The third kappa shape index (κ3) is 4.60. The monoisotopic (exact) mass is 276 g/mol. The molecule has 4 heteroatoms. The van der Waals surface area contributed by atoms with E-state index in [9.17, 15) is 4.79 Å². The summed E-state index contributed by atoms with van der Waals surface area (Å²) in [7, 11) is 0. The number of carbonyl (C=O) groups excluding carboxylic acids is 1. The highest BCUT2D eigenvalue weighted by molar-refractivity contribution is 8.00. The van der Waals surface area contributed by atoms with Crippen LogP contribution >= 0.6 is 11.8 Å². The summed E-state index contributed by atoms with van der Waals surface area (Å²) in [5, 5.41) is 12.0. The van der Waals surface area contributed by atoms with E-state index in [2.05, 4.69) is 11.4 Å². The lowest BCUT2D eigenvalue weighted by molar-refractivity contribution is -0.120. The number of rotatable bonds is 5. The number of aryl methyl sites for hydroxylation is 1. The van der Waals surface area contributed by atoms with E-state index >= 15 is 0 Å². The van der Waals surface area contributed by atoms with Gasteiger partial charge in [0.2, 0.25) is 5.91 Å². The van der Waals surface area contributed by atoms with Crippen LogP contribution in [0.1, 0.15) is 26.3 Å². The maximum absolute atomic E-state index is 11.9. The predicted octanol–water partition coefficient (Wildman–Crippen LogP) is 3.14. The molecule has 0 aromatic heterocycles. The number of nitrogens with zero attached hydrogens (tertiary/aromatic N) is 1. The molecule has 19 heavy (non-hydrogen) atoms. The number of amides is 1. The highest BCUT2D eigenvalue weighted by atomic mass is 32.2. The van der Waals surface area contributed by atoms with Crippen LogP contribution in [0.2, 0.25) is 0 Å². The minimum absolute atomic E-state index is 0.0745. The predicted molar refractivity (Wildman–Crippen MR) is 78.9 cm³/mol. The van der Waals surface area contributed by atoms with Gasteiger partial charge in [0.15, 0.2) is 0 Å². The minimum atomic E-state index is -0.801. The van der Waals surface area contributed by atoms with Crippen molar-refractivity contribution in [3.63, 3.8) is 0 Å². The normalized spacial score (nSPS) is 13.7. The zero-order valence-electron chi connectivity index (χ0n) is 11.9. The summed E-state index contributed by atoms with van der Waals surface area (Å²) in [4.78, 5) is 13.0. The molecule has 3 nitrogen and oxygen atoms in total. The number of nitriles is 1. The lowest BCUT2D eigenvalue weighted by Crippen LogP contribution is -2.49. The van der Waals surface area contributed by atoms with Gasteiger partial charge in [0.05, 0.1) is 11.8 Å². The molecule has 0 saturated carbocycles. The van der Waals surface area contributed by atoms with Crippen molar-refractivity contribution in [1.82, 2.24) is 5.32 Å². The Kier molecular flexibility index (Phi) is 5.44. The molecule has 0 fully saturated rings. The third-order valence-electron chi connectivity index (χ3n) is 3.15. The van der Waals surface area contributed by atoms with Crippen LogP contribution in [0.3, 0.4) is 0 Å². The summed E-state index contributed by atoms with van der Waals surface area (Å²) in [5.41, 5.74) is 0.374. The minimum Gasteiger partial charge on any atom is -0.337 e. The summed E-state index contributed by atoms with van der Waals surface area (Å²) in [6.07, 6.45) is 0. The van der Waals surface area contributed by atoms with E-state index in [0.717, 1.165) is 4.90 Å². The second kappa shape index (κ2) is 6.63. The van der Waals surface area contributed by atoms with E-state index in [1.54, 1.807) is 6.92 Å². The number of carbonyl (C=O) groups is 1. The third-order valence-corrected chi connectivity index (χ3v) is 4.14. The van der Waals surface area contributed by atoms with E-state index in [-0.39, 0.29) is 11.8 Å². The van der Waals surface area contributed by atoms with Gasteiger partial charge in [-0.3, -0.25) is 4.79 Å². The topological polar surface area (TPSA) is 52.9 Å². The first-order valence-corrected chi connectivity index (χ1v) is 7.27. The van der Waals surface area contributed by atoms with Gasteiger partial charge in [-0.05, 0) is 31.9 Å². The molecule has 0 bridgehead atoms. The molecule has 0 aliphatic carbocycles. The lowest BCUT2D eigenvalue weighted by Gasteiger charge is -2.27. The Hall–Kier alpha value is -1.47. The quantitative estimate of drug-likeness (QED) is 0.841. The molecular weight excluding hydrogens is 256 g/mol. The van der Waals surface area contributed by atoms with E-state index in [0.29, 0.717) is 5.75 Å². The van der Waals surface area contributed by atoms with E-state index in [1.807, 2.05) is 45.0 Å². The highest BCUT2D eigenvalue weighted by Gasteiger charge is 2.29. The van der Waals surface area contributed by atoms with Crippen LogP contribution in [0.4, 0.5) is 0 Å². The highest BCUT2D eigenvalue weighted by Crippen LogP contribution is 2.20. The molecule has 0 aliphatic heterocycles. The van der Waals surface area contributed by atoms with Crippen LogP contribution in [0.15, 0.2) is 29.2 Å². The van der Waals surface area contributed by atoms with Gasteiger partial charge in [0, 0.05) is 4.90 Å². The Bertz CT molecular complexity index is 493. The van der Waals surface area contributed by atoms with Crippen molar-refractivity contribution in [2.24, 2.45) is 5.92 Å². The summed E-state index contributed by atoms with van der Waals surface area (Å²) >= 11 is 1.48. The Morgan fingerprint density at radius 3 is 2.74 bits per heavy atom. The molecular formula is C15H20N2OS. The van der Waals surface area contributed by atoms with Gasteiger partial charge in [-0.15, -0.1) is 11.8 Å². The standard InChI is InChI=1S/C15H20N2OS/c1-11(2)15(4,10-16)17-14(18)9-19-13-7-5-6-12(3)8-13/h5-8,11H,9H2,1-4H3,(H,17,18)/t15-/m1/s1. The molecule has 0 spiro atoms. The summed E-state index contributed by atoms with van der Waals surface area (Å²) in [5.74, 6) is 0.294. The van der Waals surface area contributed by atoms with Crippen molar-refractivity contribution < 1.29 is 4.79 Å². The Morgan fingerprint density at radius 2 is 2.21 bits per heavy atom. The van der Waals surface area contributed by atoms with Gasteiger partial charge in [0.1, 0.15) is 5.54 Å². The molecule has 0 saturated heterocycles. The Labute approximate surface area is 119 Å². The second-order valence-electron chi connectivity index (χ2n) is 5.12. The molecule has 1 aromatic rings. The molecule has 0 aliphatic rings. The van der Waals surface area contributed by atoms with Crippen LogP contribution in [0.25, 0.3) is 0 Å². The molecule has 1 aromatic carbocycles. The summed E-state index contributed by atoms with van der Waals surface area (Å²) < 4.78 is 0. The molecule has 0 heterocycles. The fourth-order valence-corrected chi connectivity index (χ4v) is 2.30. The Balaban J connectivity index is 2.55. The van der Waals surface area contributed by atoms with E-state index in [1.165, 1.54) is 17.3 Å². The van der Waals surface area contributed by atoms with Crippen LogP contribution in [0, 0.1) is 24.2 Å². The van der Waals surface area contributed by atoms with Crippen molar-refractivity contribution in [2.45, 2.75) is 38.1 Å². The van der Waals surface area contributed by atoms with Crippen molar-refractivity contribution in [3.8, 4) is 6.07 Å². The summed E-state index contributed by atoms with van der Waals surface area (Å²) in [6.45, 7) is 7.64. The first-order valence-electron chi connectivity index (χ1n) is 6.29. The first-order chi connectivity index (χ1) is 8.87. The van der Waals surface area contributed by atoms with Crippen molar-refractivity contribution in [2.75, 3.05) is 5.75 Å². The number of hydrogen-bond donors (Lipinski definition) is 1. The van der Waals surface area contributed by atoms with Gasteiger partial charge < -0.3 is 5.32 Å². The average Bonchev–Trinajstić information content (AvgIpc) is 2.36. The zero-order valence-corrected chi connectivity index (χ0v) is 12.7. The van der Waals surface area contributed by atoms with Crippen LogP contribution in [0.5, 0.6) is 0 Å². The maximum atomic E-state index is 11.9. The summed E-state index contributed by atoms with van der Waals surface area (Å²) in [6, 6.07) is 10.2. The van der Waals surface area contributed by atoms with Crippen molar-refractivity contribution in [3.05, 3.63) is 29.8 Å². The van der Waals surface area contributed by atoms with Crippen LogP contribution in [-0.2, 0) is 4.79 Å². The largest absolute Gasteiger partial charge is 0.337 e. The van der Waals surface area contributed by atoms with Gasteiger partial charge in [-0.2, -0.15) is 5.26 Å². The molecule has 102 valence electrons. The second-order valence-corrected chi connectivity index (χ2v) is 6.17. The first kappa shape index (κ1) is 15.6. The number of nitrogens with one attached hydrogen (secondary N) is 1. The molecule has 1 atom stereocenters. The average molecular weight is 276 g/mol. The molecule has 1 amide bonds. The lowest BCUT2D eigenvalue weighted by atomic mass is 9.90. The van der Waals surface area contributed by atoms with Crippen LogP contribution in [-0.4, -0.2) is 17.2 Å². The van der Waals surface area contributed by atoms with E-state index in [4.69, 9.17) is 5.26 Å². The van der Waals surface area contributed by atoms with Gasteiger partial charge >= 0.3 is 0 Å². The Morgan fingerprint density at radius 1 is 1.53 bits per heavy atom. The van der Waals surface area contributed by atoms with Crippen molar-refractivity contribution in [1.29, 1.82) is 5.26 Å². The smallest absolute Gasteiger partial charge is 0.231 e. The molecule has 1 rings (SSSR count). The van der Waals surface area contributed by atoms with Crippen LogP contribution < -0.4 is 5.32 Å². The number of benzene rings is 1. The van der Waals surface area contributed by atoms with Gasteiger partial charge in [0.25, 0.3) is 0 Å². The molecule has 1 N–H and O–H groups in total. The number of hydrogen-bond acceptors (Lipinski definition) is 3. The zero-order chi connectivity index (χ0) is 14.5. The number of thioether (sulfide) groups is 1. The fraction of sp³-hybridized carbons (Fsp3) is 0.467. The maximum Gasteiger partial charge on any atom is 0.231 e. The molecule has 0 unspecified atom stereocenters. The van der Waals surface area contributed by atoms with E-state index < -0.39 is 5.54 Å². The fourth-order valence-electron chi connectivity index (χ4n) is 1.48. The van der Waals surface area contributed by atoms with Crippen molar-refractivity contribution >= 4 is 17.7 Å². The molecule has 0 radical (unpaired) electrons. The van der Waals surface area contributed by atoms with Gasteiger partial charge in [-0.25, -0.2) is 0 Å². The van der Waals surface area contributed by atoms with Gasteiger partial charge in [-0.1, -0.05) is 31.5 Å².